The van der Waals surface area contributed by atoms with E-state index in [1.807, 2.05) is 45.2 Å². The Kier molecular flexibility index (Phi) is 8.67. The molecule has 0 unspecified atom stereocenters. The van der Waals surface area contributed by atoms with Gasteiger partial charge in [0.2, 0.25) is 17.8 Å². The number of nitrogens with one attached hydrogen (secondary N) is 2. The minimum atomic E-state index is -0.252. The highest BCUT2D eigenvalue weighted by molar-refractivity contribution is 5.92. The van der Waals surface area contributed by atoms with Gasteiger partial charge >= 0.3 is 0 Å². The molecule has 0 aliphatic rings. The number of methoxy groups -OCH3 is 1. The molecule has 0 aliphatic carbocycles. The molecular weight excluding hydrogens is 372 g/mol. The lowest BCUT2D eigenvalue weighted by Gasteiger charge is -2.09. The predicted molar refractivity (Wildman–Crippen MR) is 112 cm³/mol. The van der Waals surface area contributed by atoms with Crippen LogP contribution in [0.5, 0.6) is 5.75 Å². The van der Waals surface area contributed by atoms with Crippen LogP contribution in [0.2, 0.25) is 0 Å². The lowest BCUT2D eigenvalue weighted by atomic mass is 10.1. The van der Waals surface area contributed by atoms with E-state index in [2.05, 4.69) is 15.6 Å². The van der Waals surface area contributed by atoms with Gasteiger partial charge < -0.3 is 19.4 Å². The zero-order valence-corrected chi connectivity index (χ0v) is 17.5. The Bertz CT molecular complexity index is 800. The summed E-state index contributed by atoms with van der Waals surface area (Å²) in [5.74, 6) is 0.809. The largest absolute Gasteiger partial charge is 0.497 e. The van der Waals surface area contributed by atoms with E-state index in [9.17, 15) is 9.59 Å². The van der Waals surface area contributed by atoms with Gasteiger partial charge in [0.25, 0.3) is 0 Å². The van der Waals surface area contributed by atoms with Crippen LogP contribution in [-0.4, -0.2) is 47.7 Å². The van der Waals surface area contributed by atoms with Crippen LogP contribution in [0.25, 0.3) is 11.3 Å². The highest BCUT2D eigenvalue weighted by Gasteiger charge is 2.13. The van der Waals surface area contributed by atoms with Crippen LogP contribution in [0.15, 0.2) is 30.5 Å². The van der Waals surface area contributed by atoms with Crippen LogP contribution in [-0.2, 0) is 21.4 Å². The van der Waals surface area contributed by atoms with Gasteiger partial charge in [0.15, 0.2) is 0 Å². The van der Waals surface area contributed by atoms with E-state index in [1.165, 1.54) is 0 Å². The Morgan fingerprint density at radius 1 is 1.14 bits per heavy atom. The average Bonchev–Trinajstić information content (AvgIpc) is 3.06. The number of carbonyl (C=O) groups excluding carboxylic acids is 2. The second kappa shape index (κ2) is 11.2. The summed E-state index contributed by atoms with van der Waals surface area (Å²) >= 11 is 0. The molecule has 0 fully saturated rings. The summed E-state index contributed by atoms with van der Waals surface area (Å²) in [6.45, 7) is 5.09. The maximum absolute atomic E-state index is 12.2. The van der Waals surface area contributed by atoms with Crippen LogP contribution in [0.1, 0.15) is 33.1 Å². The van der Waals surface area contributed by atoms with Crippen molar-refractivity contribution in [2.45, 2.75) is 39.2 Å². The highest BCUT2D eigenvalue weighted by atomic mass is 16.5. The van der Waals surface area contributed by atoms with Crippen molar-refractivity contribution in [2.75, 3.05) is 25.6 Å². The fourth-order valence-corrected chi connectivity index (χ4v) is 2.68. The first kappa shape index (κ1) is 22.4. The molecule has 0 radical (unpaired) electrons. The molecule has 8 nitrogen and oxygen atoms in total. The number of hydrogen-bond acceptors (Lipinski definition) is 5. The van der Waals surface area contributed by atoms with Gasteiger partial charge in [-0.1, -0.05) is 0 Å². The smallest absolute Gasteiger partial charge is 0.227 e. The maximum atomic E-state index is 12.2. The molecule has 1 aromatic carbocycles. The Morgan fingerprint density at radius 2 is 1.83 bits per heavy atom. The third kappa shape index (κ3) is 7.23. The number of amides is 2. The van der Waals surface area contributed by atoms with Crippen molar-refractivity contribution >= 4 is 17.8 Å². The first-order valence-electron chi connectivity index (χ1n) is 9.75. The van der Waals surface area contributed by atoms with Crippen LogP contribution < -0.4 is 15.4 Å². The van der Waals surface area contributed by atoms with Crippen LogP contribution in [0, 0.1) is 0 Å². The molecule has 0 spiro atoms. The van der Waals surface area contributed by atoms with Crippen molar-refractivity contribution in [3.05, 3.63) is 30.5 Å². The molecule has 29 heavy (non-hydrogen) atoms. The molecule has 0 saturated heterocycles. The molecule has 0 bridgehead atoms. The average molecular weight is 402 g/mol. The maximum Gasteiger partial charge on any atom is 0.227 e. The fraction of sp³-hybridized carbons (Fsp3) is 0.476. The normalized spacial score (nSPS) is 10.8. The Labute approximate surface area is 171 Å². The number of carbonyl (C=O) groups is 2. The summed E-state index contributed by atoms with van der Waals surface area (Å²) < 4.78 is 12.4. The first-order chi connectivity index (χ1) is 13.9. The summed E-state index contributed by atoms with van der Waals surface area (Å²) in [6, 6.07) is 7.60. The summed E-state index contributed by atoms with van der Waals surface area (Å²) in [5, 5.41) is 5.55. The SMILES string of the molecule is COc1ccc(-c2cnc(NC(=O)CCC(=O)NCCCOC(C)C)n2C)cc1. The van der Waals surface area contributed by atoms with E-state index in [0.29, 0.717) is 19.1 Å². The molecular formula is C21H30N4O4. The lowest BCUT2D eigenvalue weighted by Crippen LogP contribution is -2.27. The van der Waals surface area contributed by atoms with E-state index in [-0.39, 0.29) is 30.8 Å². The monoisotopic (exact) mass is 402 g/mol. The molecule has 2 aromatic rings. The zero-order valence-electron chi connectivity index (χ0n) is 17.5. The number of aromatic nitrogens is 2. The molecule has 2 N–H and O–H groups in total. The van der Waals surface area contributed by atoms with Gasteiger partial charge in [0.1, 0.15) is 5.75 Å². The summed E-state index contributed by atoms with van der Waals surface area (Å²) in [7, 11) is 3.45. The first-order valence-corrected chi connectivity index (χ1v) is 9.75. The molecule has 0 saturated carbocycles. The van der Waals surface area contributed by atoms with Crippen LogP contribution in [0.3, 0.4) is 0 Å². The number of benzene rings is 1. The summed E-state index contributed by atoms with van der Waals surface area (Å²) in [4.78, 5) is 28.3. The standard InChI is InChI=1S/C21H30N4O4/c1-15(2)29-13-5-12-22-19(26)10-11-20(27)24-21-23-14-18(25(21)3)16-6-8-17(28-4)9-7-16/h6-9,14-15H,5,10-13H2,1-4H3,(H,22,26)(H,23,24,27). The number of nitrogens with zero attached hydrogens (tertiary/aromatic N) is 2. The Balaban J connectivity index is 1.77. The fourth-order valence-electron chi connectivity index (χ4n) is 2.68. The number of anilines is 1. The lowest BCUT2D eigenvalue weighted by molar-refractivity contribution is -0.124. The molecule has 2 rings (SSSR count). The van der Waals surface area contributed by atoms with Crippen molar-refractivity contribution in [1.29, 1.82) is 0 Å². The quantitative estimate of drug-likeness (QED) is 0.564. The topological polar surface area (TPSA) is 94.5 Å². The number of ether oxygens (including phenoxy) is 2. The van der Waals surface area contributed by atoms with E-state index in [0.717, 1.165) is 23.4 Å². The summed E-state index contributed by atoms with van der Waals surface area (Å²) in [6.07, 6.45) is 2.86. The predicted octanol–water partition coefficient (Wildman–Crippen LogP) is 2.75. The second-order valence-electron chi connectivity index (χ2n) is 6.93. The van der Waals surface area contributed by atoms with E-state index in [1.54, 1.807) is 17.9 Å². The number of imidazole rings is 1. The molecule has 8 heteroatoms. The van der Waals surface area contributed by atoms with Crippen molar-refractivity contribution in [2.24, 2.45) is 7.05 Å². The molecule has 158 valence electrons. The highest BCUT2D eigenvalue weighted by Crippen LogP contribution is 2.24. The minimum absolute atomic E-state index is 0.0963. The zero-order chi connectivity index (χ0) is 21.2. The van der Waals surface area contributed by atoms with Crippen molar-refractivity contribution in [1.82, 2.24) is 14.9 Å². The van der Waals surface area contributed by atoms with Gasteiger partial charge in [0, 0.05) is 38.6 Å². The number of rotatable bonds is 11. The molecule has 0 atom stereocenters. The van der Waals surface area contributed by atoms with Gasteiger partial charge in [-0.3, -0.25) is 14.9 Å². The third-order valence-corrected chi connectivity index (χ3v) is 4.30. The van der Waals surface area contributed by atoms with E-state index < -0.39 is 0 Å². The molecule has 0 aliphatic heterocycles. The van der Waals surface area contributed by atoms with Gasteiger partial charge in [-0.2, -0.15) is 0 Å². The van der Waals surface area contributed by atoms with Gasteiger partial charge in [-0.05, 0) is 44.5 Å². The van der Waals surface area contributed by atoms with Gasteiger partial charge in [-0.25, -0.2) is 4.98 Å². The Morgan fingerprint density at radius 3 is 2.48 bits per heavy atom. The van der Waals surface area contributed by atoms with Crippen LogP contribution in [0.4, 0.5) is 5.95 Å². The second-order valence-corrected chi connectivity index (χ2v) is 6.93. The molecule has 1 aromatic heterocycles. The molecule has 1 heterocycles. The van der Waals surface area contributed by atoms with Crippen molar-refractivity contribution in [3.63, 3.8) is 0 Å². The van der Waals surface area contributed by atoms with E-state index in [4.69, 9.17) is 9.47 Å². The minimum Gasteiger partial charge on any atom is -0.497 e. The van der Waals surface area contributed by atoms with Crippen molar-refractivity contribution in [3.8, 4) is 17.0 Å². The summed E-state index contributed by atoms with van der Waals surface area (Å²) in [5.41, 5.74) is 1.83. The van der Waals surface area contributed by atoms with Gasteiger partial charge in [-0.15, -0.1) is 0 Å². The Hall–Kier alpha value is -2.87. The van der Waals surface area contributed by atoms with Gasteiger partial charge in [0.05, 0.1) is 25.1 Å². The van der Waals surface area contributed by atoms with Crippen molar-refractivity contribution < 1.29 is 19.1 Å². The van der Waals surface area contributed by atoms with Crippen LogP contribution >= 0.6 is 0 Å². The van der Waals surface area contributed by atoms with E-state index >= 15 is 0 Å². The molecule has 2 amide bonds. The third-order valence-electron chi connectivity index (χ3n) is 4.30. The number of hydrogen-bond donors (Lipinski definition) is 2.